The summed E-state index contributed by atoms with van der Waals surface area (Å²) >= 11 is 0. The third-order valence-electron chi connectivity index (χ3n) is 12.6. The fourth-order valence-corrected chi connectivity index (χ4v) is 9.20. The number of rotatable bonds is 51. The molecule has 0 aliphatic heterocycles. The van der Waals surface area contributed by atoms with Gasteiger partial charge in [-0.1, -0.05) is 233 Å². The van der Waals surface area contributed by atoms with E-state index < -0.39 is 49.6 Å². The summed E-state index contributed by atoms with van der Waals surface area (Å²) in [5.74, 6) is -2.76. The monoisotopic (exact) mass is 944 g/mol. The predicted octanol–water partition coefficient (Wildman–Crippen LogP) is 15.1. The second-order valence-electron chi connectivity index (χ2n) is 18.7. The minimum absolute atomic E-state index is 0.00809. The van der Waals surface area contributed by atoms with Crippen molar-refractivity contribution >= 4 is 31.3 Å². The SMILES string of the molecule is CCCCCCCCCCCC(=O)O[C@@H](COP(=O)(O)OCCN)C(OC(=O)CCCCCCCCCCC)(C(=O)CCCCCCCCCCC)C(=O)CCCCCCCCCCC. The highest BCUT2D eigenvalue weighted by Crippen LogP contribution is 2.44. The Morgan fingerprint density at radius 2 is 0.738 bits per heavy atom. The molecule has 384 valence electrons. The van der Waals surface area contributed by atoms with Crippen molar-refractivity contribution in [1.29, 1.82) is 0 Å². The topological polar surface area (TPSA) is 169 Å². The van der Waals surface area contributed by atoms with Gasteiger partial charge in [0.1, 0.15) is 6.61 Å². The number of ether oxygens (including phenoxy) is 2. The van der Waals surface area contributed by atoms with E-state index in [4.69, 9.17) is 24.3 Å². The van der Waals surface area contributed by atoms with Gasteiger partial charge in [-0.05, 0) is 25.7 Å². The van der Waals surface area contributed by atoms with Crippen molar-refractivity contribution in [3.05, 3.63) is 0 Å². The summed E-state index contributed by atoms with van der Waals surface area (Å²) in [6.07, 6.45) is 34.9. The van der Waals surface area contributed by atoms with Crippen LogP contribution < -0.4 is 5.73 Å². The molecule has 0 fully saturated rings. The first-order valence-electron chi connectivity index (χ1n) is 27.3. The molecular formula is C53H102NO10P. The minimum atomic E-state index is -4.78. The first-order chi connectivity index (χ1) is 31.5. The van der Waals surface area contributed by atoms with Crippen LogP contribution in [-0.4, -0.2) is 59.9 Å². The van der Waals surface area contributed by atoms with Crippen molar-refractivity contribution in [2.75, 3.05) is 19.8 Å². The van der Waals surface area contributed by atoms with Gasteiger partial charge in [-0.15, -0.1) is 0 Å². The molecule has 0 spiro atoms. The van der Waals surface area contributed by atoms with Crippen molar-refractivity contribution in [2.45, 2.75) is 296 Å². The summed E-state index contributed by atoms with van der Waals surface area (Å²) in [4.78, 5) is 68.0. The molecule has 2 atom stereocenters. The molecule has 0 radical (unpaired) electrons. The maximum Gasteiger partial charge on any atom is 0.472 e. The first kappa shape index (κ1) is 63.4. The third kappa shape index (κ3) is 35.2. The Labute approximate surface area is 399 Å². The molecule has 3 N–H and O–H groups in total. The summed E-state index contributed by atoms with van der Waals surface area (Å²) < 4.78 is 35.7. The Bertz CT molecular complexity index is 1170. The molecule has 0 aromatic carbocycles. The van der Waals surface area contributed by atoms with Crippen LogP contribution in [0.3, 0.4) is 0 Å². The van der Waals surface area contributed by atoms with Gasteiger partial charge < -0.3 is 20.1 Å². The Morgan fingerprint density at radius 3 is 1.06 bits per heavy atom. The smallest absolute Gasteiger partial charge is 0.455 e. The molecular weight excluding hydrogens is 842 g/mol. The number of phosphoric ester groups is 1. The number of carbonyl (C=O) groups is 4. The van der Waals surface area contributed by atoms with Gasteiger partial charge >= 0.3 is 19.8 Å². The van der Waals surface area contributed by atoms with Gasteiger partial charge in [-0.25, -0.2) is 4.57 Å². The highest BCUT2D eigenvalue weighted by molar-refractivity contribution is 7.47. The largest absolute Gasteiger partial charge is 0.472 e. The van der Waals surface area contributed by atoms with Crippen LogP contribution in [0.4, 0.5) is 0 Å². The van der Waals surface area contributed by atoms with E-state index >= 15 is 0 Å². The molecule has 11 nitrogen and oxygen atoms in total. The normalized spacial score (nSPS) is 13.1. The lowest BCUT2D eigenvalue weighted by molar-refractivity contribution is -0.196. The number of ketones is 2. The average Bonchev–Trinajstić information content (AvgIpc) is 3.29. The molecule has 0 aliphatic rings. The Hall–Kier alpha value is -1.65. The lowest BCUT2D eigenvalue weighted by atomic mass is 9.82. The van der Waals surface area contributed by atoms with Crippen LogP contribution >= 0.6 is 7.82 Å². The second kappa shape index (κ2) is 44.8. The van der Waals surface area contributed by atoms with Gasteiger partial charge in [0.25, 0.3) is 5.60 Å². The number of esters is 2. The van der Waals surface area contributed by atoms with Gasteiger partial charge in [-0.3, -0.25) is 28.2 Å². The van der Waals surface area contributed by atoms with E-state index in [9.17, 15) is 28.6 Å². The van der Waals surface area contributed by atoms with Crippen LogP contribution in [0, 0.1) is 0 Å². The van der Waals surface area contributed by atoms with Crippen LogP contribution in [-0.2, 0) is 42.3 Å². The second-order valence-corrected chi connectivity index (χ2v) is 20.2. The molecule has 65 heavy (non-hydrogen) atoms. The van der Waals surface area contributed by atoms with Crippen molar-refractivity contribution in [3.63, 3.8) is 0 Å². The molecule has 1 unspecified atom stereocenters. The molecule has 0 heterocycles. The van der Waals surface area contributed by atoms with Crippen molar-refractivity contribution < 1.29 is 47.2 Å². The number of phosphoric acid groups is 1. The van der Waals surface area contributed by atoms with Crippen LogP contribution in [0.2, 0.25) is 0 Å². The van der Waals surface area contributed by atoms with E-state index in [0.717, 1.165) is 103 Å². The zero-order valence-electron chi connectivity index (χ0n) is 42.6. The van der Waals surface area contributed by atoms with Gasteiger partial charge in [-0.2, -0.15) is 0 Å². The Morgan fingerprint density at radius 1 is 0.446 bits per heavy atom. The van der Waals surface area contributed by atoms with Gasteiger partial charge in [0, 0.05) is 32.2 Å². The maximum absolute atomic E-state index is 14.9. The summed E-state index contributed by atoms with van der Waals surface area (Å²) in [5, 5.41) is 0. The molecule has 0 saturated carbocycles. The molecule has 0 saturated heterocycles. The summed E-state index contributed by atoms with van der Waals surface area (Å²) in [6.45, 7) is 7.58. The van der Waals surface area contributed by atoms with E-state index in [-0.39, 0.29) is 38.8 Å². The van der Waals surface area contributed by atoms with Gasteiger partial charge in [0.15, 0.2) is 17.7 Å². The number of hydrogen-bond donors (Lipinski definition) is 2. The van der Waals surface area contributed by atoms with Crippen LogP contribution in [0.15, 0.2) is 0 Å². The third-order valence-corrected chi connectivity index (χ3v) is 13.6. The summed E-state index contributed by atoms with van der Waals surface area (Å²) in [5.41, 5.74) is 2.99. The number of hydrogen-bond acceptors (Lipinski definition) is 10. The van der Waals surface area contributed by atoms with Crippen molar-refractivity contribution in [1.82, 2.24) is 0 Å². The minimum Gasteiger partial charge on any atom is -0.455 e. The first-order valence-corrected chi connectivity index (χ1v) is 28.8. The lowest BCUT2D eigenvalue weighted by Crippen LogP contribution is -2.61. The molecule has 0 aromatic heterocycles. The van der Waals surface area contributed by atoms with E-state index in [1.54, 1.807) is 0 Å². The highest BCUT2D eigenvalue weighted by Gasteiger charge is 2.57. The van der Waals surface area contributed by atoms with Crippen molar-refractivity contribution in [2.24, 2.45) is 5.73 Å². The van der Waals surface area contributed by atoms with Gasteiger partial charge in [0.05, 0.1) is 6.61 Å². The molecule has 0 aromatic rings. The predicted molar refractivity (Wildman–Crippen MR) is 267 cm³/mol. The van der Waals surface area contributed by atoms with Crippen LogP contribution in [0.25, 0.3) is 0 Å². The van der Waals surface area contributed by atoms with E-state index in [1.807, 2.05) is 0 Å². The highest BCUT2D eigenvalue weighted by atomic mass is 31.2. The average molecular weight is 944 g/mol. The van der Waals surface area contributed by atoms with E-state index in [2.05, 4.69) is 27.7 Å². The quantitative estimate of drug-likeness (QED) is 0.0258. The molecule has 0 rings (SSSR count). The van der Waals surface area contributed by atoms with Crippen LogP contribution in [0.1, 0.15) is 285 Å². The van der Waals surface area contributed by atoms with Crippen LogP contribution in [0.5, 0.6) is 0 Å². The summed E-state index contributed by atoms with van der Waals surface area (Å²) in [6, 6.07) is 0. The standard InChI is InChI=1S/C53H102NO10P/c1-5-9-13-17-21-25-29-33-37-41-48(55)53(49(56)42-38-34-30-26-22-18-14-10-6-2,64-52(58)44-40-36-32-28-24-20-16-12-8-4)50(47-62-65(59,60)61-46-45-54)63-51(57)43-39-35-31-27-23-19-15-11-7-3/h50H,5-47,54H2,1-4H3,(H,59,60)/t50-/m0/s1. The maximum atomic E-state index is 14.9. The zero-order valence-corrected chi connectivity index (χ0v) is 43.5. The van der Waals surface area contributed by atoms with Crippen molar-refractivity contribution in [3.8, 4) is 0 Å². The fourth-order valence-electron chi connectivity index (χ4n) is 8.47. The fraction of sp³-hybridized carbons (Fsp3) is 0.925. The Kier molecular flexibility index (Phi) is 43.7. The Balaban J connectivity index is 6.57. The number of Topliss-reactive ketones (excluding diaryl/α,β-unsaturated/α-hetero) is 2. The molecule has 0 amide bonds. The lowest BCUT2D eigenvalue weighted by Gasteiger charge is -2.37. The summed E-state index contributed by atoms with van der Waals surface area (Å²) in [7, 11) is -4.78. The number of carbonyl (C=O) groups excluding carboxylic acids is 4. The molecule has 0 bridgehead atoms. The van der Waals surface area contributed by atoms with Gasteiger partial charge in [0.2, 0.25) is 0 Å². The number of nitrogens with two attached hydrogens (primary N) is 1. The molecule has 0 aliphatic carbocycles. The number of unbranched alkanes of at least 4 members (excludes halogenated alkanes) is 32. The molecule has 12 heteroatoms. The zero-order chi connectivity index (χ0) is 48.1. The van der Waals surface area contributed by atoms with E-state index in [0.29, 0.717) is 25.7 Å². The van der Waals surface area contributed by atoms with E-state index in [1.165, 1.54) is 103 Å².